The first-order valence-corrected chi connectivity index (χ1v) is 9.94. The summed E-state index contributed by atoms with van der Waals surface area (Å²) in [7, 11) is 4.12. The van der Waals surface area contributed by atoms with Crippen LogP contribution < -0.4 is 10.1 Å². The average Bonchev–Trinajstić information content (AvgIpc) is 2.77. The molecule has 1 N–H and O–H groups in total. The second-order valence-electron chi connectivity index (χ2n) is 7.25. The predicted octanol–water partition coefficient (Wildman–Crippen LogP) is 4.42. The third-order valence-corrected chi connectivity index (χ3v) is 4.49. The normalized spacial score (nSPS) is 11.0. The van der Waals surface area contributed by atoms with Gasteiger partial charge in [0, 0.05) is 24.5 Å². The molecule has 3 rings (SSSR count). The van der Waals surface area contributed by atoms with Crippen LogP contribution in [-0.2, 0) is 17.8 Å². The zero-order valence-corrected chi connectivity index (χ0v) is 17.4. The third kappa shape index (κ3) is 7.18. The lowest BCUT2D eigenvalue weighted by Gasteiger charge is -2.09. The van der Waals surface area contributed by atoms with Gasteiger partial charge in [-0.3, -0.25) is 9.78 Å². The van der Waals surface area contributed by atoms with Gasteiger partial charge < -0.3 is 15.0 Å². The van der Waals surface area contributed by atoms with Gasteiger partial charge in [-0.1, -0.05) is 30.3 Å². The van der Waals surface area contributed by atoms with Crippen LogP contribution in [0, 0.1) is 0 Å². The van der Waals surface area contributed by atoms with Crippen LogP contribution in [0.25, 0.3) is 6.08 Å². The van der Waals surface area contributed by atoms with Gasteiger partial charge in [-0.2, -0.15) is 0 Å². The fourth-order valence-electron chi connectivity index (χ4n) is 2.78. The molecule has 154 valence electrons. The lowest BCUT2D eigenvalue weighted by molar-refractivity contribution is -0.111. The van der Waals surface area contributed by atoms with E-state index in [0.717, 1.165) is 35.7 Å². The van der Waals surface area contributed by atoms with Gasteiger partial charge in [-0.15, -0.1) is 0 Å². The average molecular weight is 402 g/mol. The Bertz CT molecular complexity index is 950. The van der Waals surface area contributed by atoms with Crippen LogP contribution in [0.4, 0.5) is 5.69 Å². The number of nitrogens with zero attached hydrogens (tertiary/aromatic N) is 2. The molecular weight excluding hydrogens is 374 g/mol. The van der Waals surface area contributed by atoms with E-state index in [0.29, 0.717) is 6.61 Å². The Labute approximate surface area is 178 Å². The van der Waals surface area contributed by atoms with Crippen molar-refractivity contribution in [3.63, 3.8) is 0 Å². The van der Waals surface area contributed by atoms with Gasteiger partial charge in [0.25, 0.3) is 0 Å². The fourth-order valence-corrected chi connectivity index (χ4v) is 2.78. The number of amides is 1. The number of ether oxygens (including phenoxy) is 1. The lowest BCUT2D eigenvalue weighted by atomic mass is 10.1. The molecule has 0 spiro atoms. The summed E-state index contributed by atoms with van der Waals surface area (Å²) in [6.45, 7) is 1.42. The van der Waals surface area contributed by atoms with Crippen LogP contribution in [-0.4, -0.2) is 36.4 Å². The molecule has 2 aromatic carbocycles. The number of nitrogens with one attached hydrogen (secondary N) is 1. The van der Waals surface area contributed by atoms with E-state index in [-0.39, 0.29) is 5.91 Å². The first kappa shape index (κ1) is 21.3. The Morgan fingerprint density at radius 1 is 1.03 bits per heavy atom. The van der Waals surface area contributed by atoms with Gasteiger partial charge in [-0.25, -0.2) is 0 Å². The van der Waals surface area contributed by atoms with Gasteiger partial charge in [0.05, 0.1) is 5.69 Å². The second-order valence-corrected chi connectivity index (χ2v) is 7.25. The number of rotatable bonds is 9. The standard InChI is InChI=1S/C25H27N3O2/c1-28(2)18-16-21-6-11-22(12-7-21)27-25(29)15-10-20-8-13-24(14-9-20)30-19-23-5-3-4-17-26-23/h3-15,17H,16,18-19H2,1-2H3,(H,27,29)/b15-10+. The first-order chi connectivity index (χ1) is 14.6. The lowest BCUT2D eigenvalue weighted by Crippen LogP contribution is -2.15. The van der Waals surface area contributed by atoms with Crippen LogP contribution in [0.1, 0.15) is 16.8 Å². The largest absolute Gasteiger partial charge is 0.487 e. The minimum Gasteiger partial charge on any atom is -0.487 e. The van der Waals surface area contributed by atoms with Crippen LogP contribution in [0.2, 0.25) is 0 Å². The number of aromatic nitrogens is 1. The molecule has 1 amide bonds. The maximum Gasteiger partial charge on any atom is 0.248 e. The van der Waals surface area contributed by atoms with Gasteiger partial charge in [0.1, 0.15) is 12.4 Å². The van der Waals surface area contributed by atoms with Gasteiger partial charge in [-0.05, 0) is 74.1 Å². The van der Waals surface area contributed by atoms with Crippen molar-refractivity contribution >= 4 is 17.7 Å². The molecular formula is C25H27N3O2. The molecule has 5 nitrogen and oxygen atoms in total. The Morgan fingerprint density at radius 2 is 1.80 bits per heavy atom. The van der Waals surface area contributed by atoms with Crippen molar-refractivity contribution in [1.82, 2.24) is 9.88 Å². The molecule has 0 radical (unpaired) electrons. The Balaban J connectivity index is 1.47. The first-order valence-electron chi connectivity index (χ1n) is 9.94. The van der Waals surface area contributed by atoms with E-state index in [4.69, 9.17) is 4.74 Å². The summed E-state index contributed by atoms with van der Waals surface area (Å²) in [5.41, 5.74) is 3.84. The summed E-state index contributed by atoms with van der Waals surface area (Å²) < 4.78 is 5.72. The van der Waals surface area contributed by atoms with E-state index in [1.807, 2.05) is 66.7 Å². The number of likely N-dealkylation sites (N-methyl/N-ethyl adjacent to an activating group) is 1. The van der Waals surface area contributed by atoms with Crippen molar-refractivity contribution in [2.45, 2.75) is 13.0 Å². The van der Waals surface area contributed by atoms with Gasteiger partial charge >= 0.3 is 0 Å². The van der Waals surface area contributed by atoms with Crippen molar-refractivity contribution in [1.29, 1.82) is 0 Å². The smallest absolute Gasteiger partial charge is 0.248 e. The molecule has 0 fully saturated rings. The number of carbonyl (C=O) groups is 1. The minimum atomic E-state index is -0.161. The SMILES string of the molecule is CN(C)CCc1ccc(NC(=O)/C=C/c2ccc(OCc3ccccn3)cc2)cc1. The summed E-state index contributed by atoms with van der Waals surface area (Å²) in [6.07, 6.45) is 6.05. The van der Waals surface area contributed by atoms with Crippen molar-refractivity contribution in [3.05, 3.63) is 95.8 Å². The summed E-state index contributed by atoms with van der Waals surface area (Å²) in [4.78, 5) is 18.6. The highest BCUT2D eigenvalue weighted by Gasteiger charge is 2.00. The second kappa shape index (κ2) is 10.9. The summed E-state index contributed by atoms with van der Waals surface area (Å²) >= 11 is 0. The molecule has 0 bridgehead atoms. The molecule has 0 atom stereocenters. The van der Waals surface area contributed by atoms with E-state index >= 15 is 0 Å². The Morgan fingerprint density at radius 3 is 2.47 bits per heavy atom. The number of hydrogen-bond acceptors (Lipinski definition) is 4. The molecule has 1 heterocycles. The zero-order valence-electron chi connectivity index (χ0n) is 17.4. The van der Waals surface area contributed by atoms with Crippen LogP contribution in [0.15, 0.2) is 79.0 Å². The van der Waals surface area contributed by atoms with Crippen molar-refractivity contribution in [2.75, 3.05) is 26.0 Å². The molecule has 0 aliphatic carbocycles. The van der Waals surface area contributed by atoms with Crippen LogP contribution in [0.3, 0.4) is 0 Å². The molecule has 0 saturated heterocycles. The predicted molar refractivity (Wildman–Crippen MR) is 121 cm³/mol. The highest BCUT2D eigenvalue weighted by molar-refractivity contribution is 6.01. The molecule has 0 saturated carbocycles. The molecule has 0 unspecified atom stereocenters. The monoisotopic (exact) mass is 401 g/mol. The van der Waals surface area contributed by atoms with Gasteiger partial charge in [0.15, 0.2) is 0 Å². The molecule has 3 aromatic rings. The van der Waals surface area contributed by atoms with E-state index in [9.17, 15) is 4.79 Å². The molecule has 30 heavy (non-hydrogen) atoms. The summed E-state index contributed by atoms with van der Waals surface area (Å²) in [5.74, 6) is 0.600. The highest BCUT2D eigenvalue weighted by Crippen LogP contribution is 2.15. The highest BCUT2D eigenvalue weighted by atomic mass is 16.5. The van der Waals surface area contributed by atoms with E-state index in [1.54, 1.807) is 12.3 Å². The van der Waals surface area contributed by atoms with Crippen molar-refractivity contribution in [2.24, 2.45) is 0 Å². The molecule has 5 heteroatoms. The third-order valence-electron chi connectivity index (χ3n) is 4.49. The minimum absolute atomic E-state index is 0.161. The quantitative estimate of drug-likeness (QED) is 0.540. The number of hydrogen-bond donors (Lipinski definition) is 1. The molecule has 0 aliphatic heterocycles. The summed E-state index contributed by atoms with van der Waals surface area (Å²) in [5, 5.41) is 2.89. The van der Waals surface area contributed by atoms with E-state index < -0.39 is 0 Å². The van der Waals surface area contributed by atoms with E-state index in [2.05, 4.69) is 29.3 Å². The molecule has 0 aliphatic rings. The maximum atomic E-state index is 12.2. The van der Waals surface area contributed by atoms with Crippen LogP contribution >= 0.6 is 0 Å². The number of benzene rings is 2. The van der Waals surface area contributed by atoms with Gasteiger partial charge in [0.2, 0.25) is 5.91 Å². The van der Waals surface area contributed by atoms with Crippen LogP contribution in [0.5, 0.6) is 5.75 Å². The van der Waals surface area contributed by atoms with Crippen molar-refractivity contribution < 1.29 is 9.53 Å². The fraction of sp³-hybridized carbons (Fsp3) is 0.200. The Kier molecular flexibility index (Phi) is 7.75. The Hall–Kier alpha value is -3.44. The molecule has 1 aromatic heterocycles. The number of carbonyl (C=O) groups excluding carboxylic acids is 1. The number of pyridine rings is 1. The summed E-state index contributed by atoms with van der Waals surface area (Å²) in [6, 6.07) is 21.3. The van der Waals surface area contributed by atoms with E-state index in [1.165, 1.54) is 11.6 Å². The van der Waals surface area contributed by atoms with Crippen molar-refractivity contribution in [3.8, 4) is 5.75 Å². The zero-order chi connectivity index (χ0) is 21.2. The number of anilines is 1. The maximum absolute atomic E-state index is 12.2. The topological polar surface area (TPSA) is 54.5 Å².